The molecule has 1 fully saturated rings. The Labute approximate surface area is 104 Å². The summed E-state index contributed by atoms with van der Waals surface area (Å²) in [4.78, 5) is 11.9. The van der Waals surface area contributed by atoms with Crippen molar-refractivity contribution in [3.05, 3.63) is 12.2 Å². The highest BCUT2D eigenvalue weighted by Crippen LogP contribution is 2.46. The first kappa shape index (κ1) is 12.6. The largest absolute Gasteiger partial charge is 0.356 e. The van der Waals surface area contributed by atoms with Crippen molar-refractivity contribution in [2.75, 3.05) is 13.1 Å². The Morgan fingerprint density at radius 2 is 2.24 bits per heavy atom. The zero-order chi connectivity index (χ0) is 12.1. The highest BCUT2D eigenvalue weighted by Gasteiger charge is 2.43. The highest BCUT2D eigenvalue weighted by molar-refractivity contribution is 5.80. The summed E-state index contributed by atoms with van der Waals surface area (Å²) in [5, 5.41) is 3.06. The van der Waals surface area contributed by atoms with Gasteiger partial charge in [0.05, 0.1) is 0 Å². The molecule has 3 atom stereocenters. The molecule has 2 aliphatic rings. The average Bonchev–Trinajstić information content (AvgIpc) is 2.30. The molecule has 0 saturated heterocycles. The number of nitrogens with one attached hydrogen (secondary N) is 1. The summed E-state index contributed by atoms with van der Waals surface area (Å²) >= 11 is 0. The van der Waals surface area contributed by atoms with Gasteiger partial charge >= 0.3 is 0 Å². The number of amides is 1. The van der Waals surface area contributed by atoms with E-state index in [2.05, 4.69) is 17.5 Å². The molecule has 2 rings (SSSR count). The van der Waals surface area contributed by atoms with Crippen molar-refractivity contribution in [3.63, 3.8) is 0 Å². The lowest BCUT2D eigenvalue weighted by molar-refractivity contribution is -0.132. The maximum atomic E-state index is 11.9. The summed E-state index contributed by atoms with van der Waals surface area (Å²) in [5.74, 6) is 1.84. The van der Waals surface area contributed by atoms with Crippen LogP contribution >= 0.6 is 0 Å². The van der Waals surface area contributed by atoms with E-state index in [-0.39, 0.29) is 11.8 Å². The van der Waals surface area contributed by atoms with Crippen LogP contribution in [-0.4, -0.2) is 19.0 Å². The van der Waals surface area contributed by atoms with Gasteiger partial charge in [-0.3, -0.25) is 4.79 Å². The second-order valence-electron chi connectivity index (χ2n) is 5.33. The van der Waals surface area contributed by atoms with Crippen LogP contribution in [0.4, 0.5) is 0 Å². The zero-order valence-electron chi connectivity index (χ0n) is 10.5. The molecule has 3 heteroatoms. The third kappa shape index (κ3) is 3.09. The van der Waals surface area contributed by atoms with Gasteiger partial charge in [-0.25, -0.2) is 0 Å². The molecule has 3 N–H and O–H groups in total. The Morgan fingerprint density at radius 3 is 3.00 bits per heavy atom. The number of rotatable bonds is 6. The number of unbranched alkanes of at least 4 members (excludes halogenated alkanes) is 2. The fraction of sp³-hybridized carbons (Fsp3) is 0.786. The molecule has 0 aromatic carbocycles. The number of allylic oxidation sites excluding steroid dienone is 2. The van der Waals surface area contributed by atoms with Crippen LogP contribution in [0, 0.1) is 17.8 Å². The molecular formula is C14H24N2O. The predicted octanol–water partition coefficient (Wildman–Crippen LogP) is 1.83. The van der Waals surface area contributed by atoms with Crippen LogP contribution in [-0.2, 0) is 4.79 Å². The fourth-order valence-electron chi connectivity index (χ4n) is 3.01. The van der Waals surface area contributed by atoms with Gasteiger partial charge in [0.25, 0.3) is 0 Å². The van der Waals surface area contributed by atoms with E-state index in [1.165, 1.54) is 12.8 Å². The molecule has 0 spiro atoms. The SMILES string of the molecule is NCCCCCNC(=O)C1CC2CCC=CC21. The van der Waals surface area contributed by atoms with Crippen molar-refractivity contribution in [1.29, 1.82) is 0 Å². The van der Waals surface area contributed by atoms with Gasteiger partial charge in [0.15, 0.2) is 0 Å². The fourth-order valence-corrected chi connectivity index (χ4v) is 3.01. The van der Waals surface area contributed by atoms with Crippen LogP contribution in [0.1, 0.15) is 38.5 Å². The number of hydrogen-bond acceptors (Lipinski definition) is 2. The van der Waals surface area contributed by atoms with E-state index in [0.717, 1.165) is 44.7 Å². The second-order valence-corrected chi connectivity index (χ2v) is 5.33. The average molecular weight is 236 g/mol. The summed E-state index contributed by atoms with van der Waals surface area (Å²) in [6, 6.07) is 0. The molecule has 3 nitrogen and oxygen atoms in total. The van der Waals surface area contributed by atoms with E-state index in [1.54, 1.807) is 0 Å². The molecule has 0 bridgehead atoms. The third-order valence-corrected chi connectivity index (χ3v) is 4.14. The number of carbonyl (C=O) groups excluding carboxylic acids is 1. The molecular weight excluding hydrogens is 212 g/mol. The number of nitrogens with two attached hydrogens (primary N) is 1. The van der Waals surface area contributed by atoms with Crippen LogP contribution in [0.5, 0.6) is 0 Å². The standard InChI is InChI=1S/C14H24N2O/c15-8-4-1-5-9-16-14(17)13-10-11-6-2-3-7-12(11)13/h3,7,11-13H,1-2,4-6,8-10,15H2,(H,16,17). The number of hydrogen-bond donors (Lipinski definition) is 2. The van der Waals surface area contributed by atoms with E-state index in [4.69, 9.17) is 5.73 Å². The minimum atomic E-state index is 0.256. The smallest absolute Gasteiger partial charge is 0.223 e. The van der Waals surface area contributed by atoms with Gasteiger partial charge in [0.2, 0.25) is 5.91 Å². The third-order valence-electron chi connectivity index (χ3n) is 4.14. The Hall–Kier alpha value is -0.830. The Kier molecular flexibility index (Phi) is 4.60. The van der Waals surface area contributed by atoms with E-state index in [9.17, 15) is 4.79 Å². The molecule has 0 radical (unpaired) electrons. The van der Waals surface area contributed by atoms with Gasteiger partial charge in [-0.05, 0) is 50.5 Å². The van der Waals surface area contributed by atoms with E-state index >= 15 is 0 Å². The lowest BCUT2D eigenvalue weighted by Gasteiger charge is -2.44. The van der Waals surface area contributed by atoms with Gasteiger partial charge in [0.1, 0.15) is 0 Å². The van der Waals surface area contributed by atoms with Crippen LogP contribution in [0.25, 0.3) is 0 Å². The van der Waals surface area contributed by atoms with E-state index < -0.39 is 0 Å². The van der Waals surface area contributed by atoms with Gasteiger partial charge in [-0.1, -0.05) is 18.6 Å². The van der Waals surface area contributed by atoms with Gasteiger partial charge in [-0.2, -0.15) is 0 Å². The molecule has 0 heterocycles. The van der Waals surface area contributed by atoms with Crippen LogP contribution < -0.4 is 11.1 Å². The van der Waals surface area contributed by atoms with E-state index in [1.807, 2.05) is 0 Å². The summed E-state index contributed by atoms with van der Waals surface area (Å²) < 4.78 is 0. The van der Waals surface area contributed by atoms with Crippen LogP contribution in [0.15, 0.2) is 12.2 Å². The first-order chi connectivity index (χ1) is 8.33. The molecule has 3 unspecified atom stereocenters. The molecule has 0 aliphatic heterocycles. The maximum absolute atomic E-state index is 11.9. The number of fused-ring (bicyclic) bond motifs is 1. The van der Waals surface area contributed by atoms with Crippen molar-refractivity contribution < 1.29 is 4.79 Å². The minimum Gasteiger partial charge on any atom is -0.356 e. The minimum absolute atomic E-state index is 0.256. The van der Waals surface area contributed by atoms with Crippen molar-refractivity contribution in [2.45, 2.75) is 38.5 Å². The van der Waals surface area contributed by atoms with Gasteiger partial charge < -0.3 is 11.1 Å². The maximum Gasteiger partial charge on any atom is 0.223 e. The zero-order valence-corrected chi connectivity index (χ0v) is 10.5. The predicted molar refractivity (Wildman–Crippen MR) is 69.4 cm³/mol. The van der Waals surface area contributed by atoms with Gasteiger partial charge in [0, 0.05) is 12.5 Å². The summed E-state index contributed by atoms with van der Waals surface area (Å²) in [6.07, 6.45) is 11.3. The Balaban J connectivity index is 1.64. The molecule has 17 heavy (non-hydrogen) atoms. The van der Waals surface area contributed by atoms with Crippen LogP contribution in [0.2, 0.25) is 0 Å². The molecule has 0 aromatic rings. The normalized spacial score (nSPS) is 30.5. The second kappa shape index (κ2) is 6.20. The quantitative estimate of drug-likeness (QED) is 0.546. The lowest BCUT2D eigenvalue weighted by atomic mass is 9.61. The topological polar surface area (TPSA) is 55.1 Å². The summed E-state index contributed by atoms with van der Waals surface area (Å²) in [7, 11) is 0. The highest BCUT2D eigenvalue weighted by atomic mass is 16.1. The molecule has 1 saturated carbocycles. The van der Waals surface area contributed by atoms with Gasteiger partial charge in [-0.15, -0.1) is 0 Å². The molecule has 1 amide bonds. The Morgan fingerprint density at radius 1 is 1.35 bits per heavy atom. The first-order valence-corrected chi connectivity index (χ1v) is 6.97. The molecule has 2 aliphatic carbocycles. The monoisotopic (exact) mass is 236 g/mol. The van der Waals surface area contributed by atoms with Crippen LogP contribution in [0.3, 0.4) is 0 Å². The lowest BCUT2D eigenvalue weighted by Crippen LogP contribution is -2.46. The Bertz CT molecular complexity index is 288. The van der Waals surface area contributed by atoms with Crippen molar-refractivity contribution in [3.8, 4) is 0 Å². The van der Waals surface area contributed by atoms with Crippen molar-refractivity contribution in [2.24, 2.45) is 23.5 Å². The number of carbonyl (C=O) groups is 1. The van der Waals surface area contributed by atoms with Crippen molar-refractivity contribution in [1.82, 2.24) is 5.32 Å². The summed E-state index contributed by atoms with van der Waals surface area (Å²) in [5.41, 5.74) is 5.43. The van der Waals surface area contributed by atoms with E-state index in [0.29, 0.717) is 5.92 Å². The first-order valence-electron chi connectivity index (χ1n) is 6.97. The molecule has 96 valence electrons. The van der Waals surface area contributed by atoms with Crippen molar-refractivity contribution >= 4 is 5.91 Å². The molecule has 0 aromatic heterocycles. The summed E-state index contributed by atoms with van der Waals surface area (Å²) in [6.45, 7) is 1.57.